The zero-order valence-electron chi connectivity index (χ0n) is 10.9. The van der Waals surface area contributed by atoms with Crippen LogP contribution < -0.4 is 0 Å². The molecular formula is C14H11ClN4OS. The van der Waals surface area contributed by atoms with Crippen molar-refractivity contribution in [3.63, 3.8) is 0 Å². The number of nitrogens with zero attached hydrogens (tertiary/aromatic N) is 4. The summed E-state index contributed by atoms with van der Waals surface area (Å²) in [4.78, 5) is 13.8. The maximum absolute atomic E-state index is 6.04. The number of ether oxygens (including phenoxy) is 1. The summed E-state index contributed by atoms with van der Waals surface area (Å²) >= 11 is 7.82. The molecule has 2 aromatic heterocycles. The predicted octanol–water partition coefficient (Wildman–Crippen LogP) is 3.30. The molecule has 1 atom stereocenters. The smallest absolute Gasteiger partial charge is 0.166 e. The molecule has 0 radical (unpaired) electrons. The average molecular weight is 319 g/mol. The molecule has 1 aliphatic heterocycles. The number of hydrogen-bond donors (Lipinski definition) is 0. The second-order valence-electron chi connectivity index (χ2n) is 4.67. The summed E-state index contributed by atoms with van der Waals surface area (Å²) in [6.07, 6.45) is 3.03. The van der Waals surface area contributed by atoms with E-state index < -0.39 is 0 Å². The van der Waals surface area contributed by atoms with Gasteiger partial charge < -0.3 is 4.74 Å². The minimum atomic E-state index is -0.127. The Bertz CT molecular complexity index is 780. The second-order valence-corrected chi connectivity index (χ2v) is 6.09. The number of aromatic nitrogens is 4. The lowest BCUT2D eigenvalue weighted by Gasteiger charge is -2.16. The molecule has 1 unspecified atom stereocenters. The monoisotopic (exact) mass is 318 g/mol. The molecule has 0 fully saturated rings. The maximum atomic E-state index is 6.04. The Kier molecular flexibility index (Phi) is 3.29. The largest absolute Gasteiger partial charge is 0.352 e. The van der Waals surface area contributed by atoms with Crippen molar-refractivity contribution in [1.82, 2.24) is 19.5 Å². The van der Waals surface area contributed by atoms with E-state index >= 15 is 0 Å². The second kappa shape index (κ2) is 5.29. The molecule has 7 heteroatoms. The van der Waals surface area contributed by atoms with E-state index in [4.69, 9.17) is 16.3 Å². The van der Waals surface area contributed by atoms with Gasteiger partial charge in [0.15, 0.2) is 10.8 Å². The highest BCUT2D eigenvalue weighted by atomic mass is 35.5. The van der Waals surface area contributed by atoms with Crippen molar-refractivity contribution in [1.29, 1.82) is 0 Å². The Labute approximate surface area is 130 Å². The molecule has 1 aliphatic rings. The number of thioether (sulfide) groups is 1. The van der Waals surface area contributed by atoms with Crippen molar-refractivity contribution in [3.05, 3.63) is 47.6 Å². The van der Waals surface area contributed by atoms with Crippen molar-refractivity contribution in [3.8, 4) is 0 Å². The Morgan fingerprint density at radius 1 is 1.24 bits per heavy atom. The number of halogens is 1. The Balaban J connectivity index is 1.70. The lowest BCUT2D eigenvalue weighted by molar-refractivity contribution is 0.0107. The van der Waals surface area contributed by atoms with Crippen LogP contribution >= 0.6 is 23.4 Å². The van der Waals surface area contributed by atoms with E-state index in [0.717, 1.165) is 5.75 Å². The van der Waals surface area contributed by atoms with E-state index in [1.807, 2.05) is 16.7 Å². The van der Waals surface area contributed by atoms with Gasteiger partial charge in [-0.05, 0) is 11.6 Å². The van der Waals surface area contributed by atoms with Crippen LogP contribution in [-0.4, -0.2) is 25.3 Å². The molecule has 0 amide bonds. The van der Waals surface area contributed by atoms with Crippen molar-refractivity contribution in [2.24, 2.45) is 0 Å². The first kappa shape index (κ1) is 13.1. The fourth-order valence-electron chi connectivity index (χ4n) is 2.35. The molecule has 21 heavy (non-hydrogen) atoms. The van der Waals surface area contributed by atoms with E-state index in [-0.39, 0.29) is 6.23 Å². The first-order chi connectivity index (χ1) is 10.3. The van der Waals surface area contributed by atoms with E-state index in [1.54, 1.807) is 18.1 Å². The van der Waals surface area contributed by atoms with E-state index in [2.05, 4.69) is 27.1 Å². The van der Waals surface area contributed by atoms with Crippen LogP contribution in [0.25, 0.3) is 11.2 Å². The summed E-state index contributed by atoms with van der Waals surface area (Å²) in [5.41, 5.74) is 2.52. The zero-order chi connectivity index (χ0) is 14.2. The van der Waals surface area contributed by atoms with Gasteiger partial charge in [0, 0.05) is 10.6 Å². The summed E-state index contributed by atoms with van der Waals surface area (Å²) in [6.45, 7) is 0.576. The maximum Gasteiger partial charge on any atom is 0.166 e. The number of imidazole rings is 1. The summed E-state index contributed by atoms with van der Waals surface area (Å²) in [7, 11) is 0. The molecule has 0 aliphatic carbocycles. The van der Waals surface area contributed by atoms with Crippen LogP contribution in [0.3, 0.4) is 0 Å². The van der Waals surface area contributed by atoms with Gasteiger partial charge in [0.1, 0.15) is 18.1 Å². The number of benzene rings is 1. The fourth-order valence-corrected chi connectivity index (χ4v) is 3.60. The summed E-state index contributed by atoms with van der Waals surface area (Å²) in [6, 6.07) is 8.29. The first-order valence-electron chi connectivity index (χ1n) is 6.48. The molecule has 106 valence electrons. The van der Waals surface area contributed by atoms with Crippen LogP contribution in [0.4, 0.5) is 0 Å². The Hall–Kier alpha value is -1.63. The van der Waals surface area contributed by atoms with Gasteiger partial charge >= 0.3 is 0 Å². The van der Waals surface area contributed by atoms with Gasteiger partial charge in [0.25, 0.3) is 0 Å². The minimum Gasteiger partial charge on any atom is -0.352 e. The van der Waals surface area contributed by atoms with Gasteiger partial charge in [-0.1, -0.05) is 29.8 Å². The Morgan fingerprint density at radius 2 is 2.14 bits per heavy atom. The normalized spacial score (nSPS) is 18.4. The molecule has 0 saturated carbocycles. The summed E-state index contributed by atoms with van der Waals surface area (Å²) in [5.74, 6) is 0.796. The molecule has 3 heterocycles. The number of hydrogen-bond acceptors (Lipinski definition) is 5. The third kappa shape index (κ3) is 2.29. The molecule has 0 saturated heterocycles. The summed E-state index contributed by atoms with van der Waals surface area (Å²) in [5, 5.41) is 0.364. The molecule has 0 bridgehead atoms. The van der Waals surface area contributed by atoms with Crippen molar-refractivity contribution < 1.29 is 4.74 Å². The van der Waals surface area contributed by atoms with E-state index in [9.17, 15) is 0 Å². The molecule has 4 rings (SSSR count). The quantitative estimate of drug-likeness (QED) is 0.644. The minimum absolute atomic E-state index is 0.127. The first-order valence-corrected chi connectivity index (χ1v) is 7.84. The van der Waals surface area contributed by atoms with Gasteiger partial charge in [-0.15, -0.1) is 11.8 Å². The highest BCUT2D eigenvalue weighted by molar-refractivity contribution is 7.99. The van der Waals surface area contributed by atoms with Crippen LogP contribution in [0.2, 0.25) is 5.15 Å². The fraction of sp³-hybridized carbons (Fsp3) is 0.214. The molecule has 5 nitrogen and oxygen atoms in total. The molecule has 0 N–H and O–H groups in total. The summed E-state index contributed by atoms with van der Waals surface area (Å²) < 4.78 is 7.94. The van der Waals surface area contributed by atoms with Crippen LogP contribution in [0.1, 0.15) is 11.8 Å². The Morgan fingerprint density at radius 3 is 3.10 bits per heavy atom. The molecule has 1 aromatic carbocycles. The third-order valence-corrected chi connectivity index (χ3v) is 4.85. The van der Waals surface area contributed by atoms with Gasteiger partial charge in [-0.25, -0.2) is 15.0 Å². The van der Waals surface area contributed by atoms with E-state index in [1.165, 1.54) is 16.8 Å². The van der Waals surface area contributed by atoms with Gasteiger partial charge in [-0.2, -0.15) is 0 Å². The highest BCUT2D eigenvalue weighted by Crippen LogP contribution is 2.33. The lowest BCUT2D eigenvalue weighted by atomic mass is 10.2. The van der Waals surface area contributed by atoms with Gasteiger partial charge in [-0.3, -0.25) is 4.57 Å². The standard InChI is InChI=1S/C14H11ClN4OS/c15-13-12-14(17-7-16-13)19(8-18-12)11-6-21-10-4-2-1-3-9(10)5-20-11/h1-4,7-8,11H,5-6H2. The van der Waals surface area contributed by atoms with Crippen molar-refractivity contribution in [2.75, 3.05) is 5.75 Å². The zero-order valence-corrected chi connectivity index (χ0v) is 12.5. The van der Waals surface area contributed by atoms with Crippen LogP contribution in [0, 0.1) is 0 Å². The topological polar surface area (TPSA) is 52.8 Å². The van der Waals surface area contributed by atoms with Crippen molar-refractivity contribution >= 4 is 34.5 Å². The van der Waals surface area contributed by atoms with Crippen LogP contribution in [-0.2, 0) is 11.3 Å². The van der Waals surface area contributed by atoms with Gasteiger partial charge in [0.2, 0.25) is 0 Å². The van der Waals surface area contributed by atoms with Crippen LogP contribution in [0.5, 0.6) is 0 Å². The van der Waals surface area contributed by atoms with Crippen molar-refractivity contribution in [2.45, 2.75) is 17.7 Å². The average Bonchev–Trinajstić information content (AvgIpc) is 2.83. The number of fused-ring (bicyclic) bond motifs is 2. The predicted molar refractivity (Wildman–Crippen MR) is 81.3 cm³/mol. The molecule has 0 spiro atoms. The van der Waals surface area contributed by atoms with E-state index in [0.29, 0.717) is 22.9 Å². The molecule has 3 aromatic rings. The SMILES string of the molecule is Clc1ncnc2c1ncn2C1CSc2ccccc2CO1. The lowest BCUT2D eigenvalue weighted by Crippen LogP contribution is -2.13. The number of rotatable bonds is 1. The molecular weight excluding hydrogens is 308 g/mol. The highest BCUT2D eigenvalue weighted by Gasteiger charge is 2.21. The third-order valence-electron chi connectivity index (χ3n) is 3.41. The van der Waals surface area contributed by atoms with Crippen LogP contribution in [0.15, 0.2) is 41.8 Å². The van der Waals surface area contributed by atoms with Gasteiger partial charge in [0.05, 0.1) is 12.9 Å².